The van der Waals surface area contributed by atoms with Crippen LogP contribution < -0.4 is 20.7 Å². The molecule has 1 saturated heterocycles. The van der Waals surface area contributed by atoms with E-state index < -0.39 is 57.1 Å². The number of aromatic nitrogens is 4. The van der Waals surface area contributed by atoms with Gasteiger partial charge in [-0.05, 0) is 38.8 Å². The molecular formula is C25H32F2N7O7P. The fraction of sp³-hybridized carbons (Fsp3) is 0.520. The van der Waals surface area contributed by atoms with Crippen molar-refractivity contribution < 1.29 is 41.8 Å². The van der Waals surface area contributed by atoms with E-state index in [4.69, 9.17) is 24.3 Å². The highest BCUT2D eigenvalue weighted by Crippen LogP contribution is 2.48. The number of aliphatic hydroxyl groups is 1. The minimum Gasteiger partial charge on any atom is -0.465 e. The van der Waals surface area contributed by atoms with E-state index in [-0.39, 0.29) is 35.5 Å². The van der Waals surface area contributed by atoms with Gasteiger partial charge in [-0.25, -0.2) is 18.3 Å². The molecule has 42 heavy (non-hydrogen) atoms. The maximum absolute atomic E-state index is 16.1. The number of aliphatic hydroxyl groups excluding tert-OH is 1. The molecule has 0 spiro atoms. The Bertz CT molecular complexity index is 1460. The fourth-order valence-corrected chi connectivity index (χ4v) is 5.95. The molecule has 5 N–H and O–H groups in total. The summed E-state index contributed by atoms with van der Waals surface area (Å²) in [5.41, 5.74) is 3.22. The molecule has 6 atom stereocenters. The first-order valence-electron chi connectivity index (χ1n) is 13.4. The normalized spacial score (nSPS) is 26.1. The number of hydrogen-bond acceptors (Lipinski definition) is 12. The molecule has 0 radical (unpaired) electrons. The lowest BCUT2D eigenvalue weighted by atomic mass is 9.97. The molecule has 5 rings (SSSR count). The van der Waals surface area contributed by atoms with Crippen LogP contribution >= 0.6 is 7.75 Å². The lowest BCUT2D eigenvalue weighted by Gasteiger charge is -2.26. The van der Waals surface area contributed by atoms with Crippen molar-refractivity contribution in [2.75, 3.05) is 30.9 Å². The van der Waals surface area contributed by atoms with Crippen LogP contribution in [0.3, 0.4) is 0 Å². The molecule has 0 bridgehead atoms. The summed E-state index contributed by atoms with van der Waals surface area (Å²) in [5, 5.41) is 16.5. The first-order valence-corrected chi connectivity index (χ1v) is 14.9. The number of fused-ring (bicyclic) bond motifs is 1. The highest BCUT2D eigenvalue weighted by atomic mass is 31.2. The van der Waals surface area contributed by atoms with Crippen molar-refractivity contribution in [3.8, 4) is 5.75 Å². The second-order valence-corrected chi connectivity index (χ2v) is 11.7. The zero-order valence-corrected chi connectivity index (χ0v) is 23.7. The Kier molecular flexibility index (Phi) is 8.62. The molecule has 14 nitrogen and oxygen atoms in total. The van der Waals surface area contributed by atoms with Crippen molar-refractivity contribution in [3.05, 3.63) is 36.7 Å². The second kappa shape index (κ2) is 12.1. The predicted octanol–water partition coefficient (Wildman–Crippen LogP) is 2.66. The van der Waals surface area contributed by atoms with Gasteiger partial charge in [-0.15, -0.1) is 0 Å². The van der Waals surface area contributed by atoms with Gasteiger partial charge in [-0.3, -0.25) is 13.9 Å². The van der Waals surface area contributed by atoms with Crippen molar-refractivity contribution >= 4 is 36.6 Å². The number of alkyl halides is 2. The van der Waals surface area contributed by atoms with Crippen LogP contribution in [0.25, 0.3) is 11.2 Å². The average Bonchev–Trinajstić information content (AvgIpc) is 3.62. The number of esters is 1. The molecule has 228 valence electrons. The summed E-state index contributed by atoms with van der Waals surface area (Å²) < 4.78 is 67.0. The van der Waals surface area contributed by atoms with E-state index >= 15 is 4.39 Å². The number of carbonyl (C=O) groups is 1. The molecule has 2 aromatic heterocycles. The number of nitrogens with zero attached hydrogens (tertiary/aromatic N) is 4. The molecular weight excluding hydrogens is 579 g/mol. The number of benzene rings is 1. The molecule has 1 unspecified atom stereocenters. The number of carbonyl (C=O) groups excluding carboxylic acids is 1. The maximum atomic E-state index is 16.1. The van der Waals surface area contributed by atoms with Gasteiger partial charge in [0.05, 0.1) is 19.5 Å². The Morgan fingerprint density at radius 1 is 1.33 bits per heavy atom. The van der Waals surface area contributed by atoms with Crippen LogP contribution in [0.1, 0.15) is 32.9 Å². The van der Waals surface area contributed by atoms with Gasteiger partial charge in [0.2, 0.25) is 11.6 Å². The van der Waals surface area contributed by atoms with Gasteiger partial charge in [0.15, 0.2) is 23.2 Å². The number of nitrogens with one attached hydrogen (secondary N) is 2. The molecule has 2 aliphatic rings. The molecule has 1 aliphatic carbocycles. The number of halogens is 2. The highest BCUT2D eigenvalue weighted by molar-refractivity contribution is 7.52. The van der Waals surface area contributed by atoms with Gasteiger partial charge in [0, 0.05) is 6.04 Å². The zero-order valence-electron chi connectivity index (χ0n) is 22.9. The van der Waals surface area contributed by atoms with Crippen LogP contribution in [0.5, 0.6) is 5.75 Å². The summed E-state index contributed by atoms with van der Waals surface area (Å²) in [5.74, 6) is -0.380. The van der Waals surface area contributed by atoms with Crippen molar-refractivity contribution in [2.24, 2.45) is 0 Å². The van der Waals surface area contributed by atoms with Gasteiger partial charge in [-0.1, -0.05) is 18.2 Å². The number of anilines is 2. The topological polar surface area (TPSA) is 185 Å². The van der Waals surface area contributed by atoms with E-state index in [1.807, 2.05) is 0 Å². The second-order valence-electron chi connectivity index (χ2n) is 10.0. The van der Waals surface area contributed by atoms with E-state index in [0.717, 1.165) is 17.4 Å². The van der Waals surface area contributed by atoms with Crippen molar-refractivity contribution in [1.29, 1.82) is 0 Å². The molecule has 2 fully saturated rings. The molecule has 0 amide bonds. The third kappa shape index (κ3) is 6.17. The summed E-state index contributed by atoms with van der Waals surface area (Å²) in [4.78, 5) is 24.8. The van der Waals surface area contributed by atoms with E-state index in [0.29, 0.717) is 5.82 Å². The Hall–Kier alpha value is -3.43. The predicted molar refractivity (Wildman–Crippen MR) is 146 cm³/mol. The monoisotopic (exact) mass is 611 g/mol. The number of imidazole rings is 1. The number of nitrogens with two attached hydrogens (primary N) is 1. The summed E-state index contributed by atoms with van der Waals surface area (Å²) in [6.07, 6.45) is -2.28. The van der Waals surface area contributed by atoms with Crippen molar-refractivity contribution in [1.82, 2.24) is 24.6 Å². The van der Waals surface area contributed by atoms with Crippen LogP contribution in [-0.2, 0) is 23.4 Å². The zero-order chi connectivity index (χ0) is 30.1. The van der Waals surface area contributed by atoms with Gasteiger partial charge in [0.1, 0.15) is 30.7 Å². The minimum absolute atomic E-state index is 0.0582. The molecule has 17 heteroatoms. The number of ether oxygens (including phenoxy) is 2. The van der Waals surface area contributed by atoms with Crippen LogP contribution in [0.15, 0.2) is 36.7 Å². The Labute approximate surface area is 239 Å². The van der Waals surface area contributed by atoms with E-state index in [9.17, 15) is 18.9 Å². The Morgan fingerprint density at radius 2 is 2.07 bits per heavy atom. The first kappa shape index (κ1) is 30.0. The number of hydrogen-bond donors (Lipinski definition) is 4. The van der Waals surface area contributed by atoms with Crippen LogP contribution in [0.4, 0.5) is 20.5 Å². The van der Waals surface area contributed by atoms with Crippen molar-refractivity contribution in [3.63, 3.8) is 0 Å². The fourth-order valence-electron chi connectivity index (χ4n) is 4.45. The number of rotatable bonds is 13. The summed E-state index contributed by atoms with van der Waals surface area (Å²) in [7, 11) is -4.37. The van der Waals surface area contributed by atoms with Gasteiger partial charge in [0.25, 0.3) is 0 Å². The number of nitrogen functional groups attached to an aromatic ring is 1. The quantitative estimate of drug-likeness (QED) is 0.163. The molecule has 1 saturated carbocycles. The largest absolute Gasteiger partial charge is 0.465 e. The third-order valence-electron chi connectivity index (χ3n) is 6.74. The minimum atomic E-state index is -4.37. The lowest BCUT2D eigenvalue weighted by Crippen LogP contribution is -2.45. The van der Waals surface area contributed by atoms with E-state index in [1.54, 1.807) is 25.1 Å². The van der Waals surface area contributed by atoms with E-state index in [2.05, 4.69) is 25.4 Å². The standard InChI is InChI=1S/C25H32F2N7O7P/c1-3-38-22(36)14(2)33-42(37,41-16-7-5-4-6-8-16)39-11-17-19(35)25(27,12-26)23(40-17)34-13-29-18-20(30-15-9-10-15)31-24(28)32-21(18)34/h4-8,13-15,17,19,23,35H,3,9-12H2,1-2H3,(H,33,37)(H3,28,30,31,32)/t14?,17-,19-,23-,25-,42+/m1/s1. The Balaban J connectivity index is 1.39. The molecule has 3 heterocycles. The SMILES string of the molecule is CCOC(=O)C(C)N[P@](=O)(OC[C@H]1O[C@@H](n2cnc3c(NC4CC4)nc(N)nc32)[C@@](F)(CF)[C@@H]1O)Oc1ccccc1. The maximum Gasteiger partial charge on any atom is 0.459 e. The molecule has 3 aromatic rings. The summed E-state index contributed by atoms with van der Waals surface area (Å²) in [6, 6.07) is 7.02. The average molecular weight is 612 g/mol. The number of para-hydroxylation sites is 1. The summed E-state index contributed by atoms with van der Waals surface area (Å²) >= 11 is 0. The smallest absolute Gasteiger partial charge is 0.459 e. The third-order valence-corrected chi connectivity index (χ3v) is 8.39. The molecule has 1 aliphatic heterocycles. The van der Waals surface area contributed by atoms with E-state index in [1.165, 1.54) is 25.4 Å². The Morgan fingerprint density at radius 3 is 2.74 bits per heavy atom. The molecule has 1 aromatic carbocycles. The highest BCUT2D eigenvalue weighted by Gasteiger charge is 2.59. The van der Waals surface area contributed by atoms with Gasteiger partial charge >= 0.3 is 13.7 Å². The van der Waals surface area contributed by atoms with Crippen LogP contribution in [0.2, 0.25) is 0 Å². The lowest BCUT2D eigenvalue weighted by molar-refractivity contribution is -0.144. The first-order chi connectivity index (χ1) is 20.1. The van der Waals surface area contributed by atoms with Crippen LogP contribution in [-0.4, -0.2) is 80.4 Å². The van der Waals surface area contributed by atoms with Crippen LogP contribution in [0, 0.1) is 0 Å². The van der Waals surface area contributed by atoms with Gasteiger partial charge in [-0.2, -0.15) is 15.1 Å². The van der Waals surface area contributed by atoms with Gasteiger partial charge < -0.3 is 30.2 Å². The summed E-state index contributed by atoms with van der Waals surface area (Å²) in [6.45, 7) is 0.726. The van der Waals surface area contributed by atoms with Crippen molar-refractivity contribution in [2.45, 2.75) is 62.9 Å².